The van der Waals surface area contributed by atoms with Crippen LogP contribution in [-0.4, -0.2) is 52.0 Å². The first-order valence-corrected chi connectivity index (χ1v) is 11.0. The molecule has 3 aliphatic rings. The molecule has 2 N–H and O–H groups in total. The first kappa shape index (κ1) is 20.8. The van der Waals surface area contributed by atoms with E-state index < -0.39 is 17.6 Å². The Morgan fingerprint density at radius 3 is 2.42 bits per heavy atom. The first-order valence-electron chi connectivity index (χ1n) is 11.0. The lowest BCUT2D eigenvalue weighted by Crippen LogP contribution is -2.43. The quantitative estimate of drug-likeness (QED) is 0.788. The summed E-state index contributed by atoms with van der Waals surface area (Å²) in [6.45, 7) is 7.75. The van der Waals surface area contributed by atoms with E-state index in [2.05, 4.69) is 28.8 Å². The normalized spacial score (nSPS) is 28.8. The van der Waals surface area contributed by atoms with Gasteiger partial charge >= 0.3 is 6.18 Å². The number of halogens is 3. The van der Waals surface area contributed by atoms with Crippen molar-refractivity contribution < 1.29 is 17.9 Å². The Balaban J connectivity index is 1.39. The standard InChI is InChI=1S/C22H28F3N5O/c1-12(2)30-19(20-15-8-14(9-16(15)20)29-3-5-31-6-4-29)10-18(28-30)13-7-17(22(23,24)25)21(26)27-11-13/h7,10-12,14-16,20H,3-6,8-9H2,1-2H3,(H2,26,27)/t14?,15-,16?,20?/m0/s1. The molecule has 0 amide bonds. The molecule has 1 saturated heterocycles. The van der Waals surface area contributed by atoms with Crippen LogP contribution in [0.3, 0.4) is 0 Å². The minimum Gasteiger partial charge on any atom is -0.383 e. The highest BCUT2D eigenvalue weighted by Crippen LogP contribution is 2.64. The zero-order chi connectivity index (χ0) is 21.9. The number of rotatable bonds is 4. The maximum atomic E-state index is 13.3. The highest BCUT2D eigenvalue weighted by atomic mass is 19.4. The Morgan fingerprint density at radius 2 is 1.81 bits per heavy atom. The van der Waals surface area contributed by atoms with Crippen LogP contribution in [0.4, 0.5) is 19.0 Å². The van der Waals surface area contributed by atoms with Crippen LogP contribution in [-0.2, 0) is 10.9 Å². The van der Waals surface area contributed by atoms with Crippen LogP contribution in [0.2, 0.25) is 0 Å². The van der Waals surface area contributed by atoms with Crippen LogP contribution in [0, 0.1) is 11.8 Å². The van der Waals surface area contributed by atoms with Gasteiger partial charge in [0, 0.05) is 48.5 Å². The molecule has 5 rings (SSSR count). The number of hydrogen-bond acceptors (Lipinski definition) is 5. The molecule has 2 aromatic heterocycles. The number of alkyl halides is 3. The summed E-state index contributed by atoms with van der Waals surface area (Å²) in [5.41, 5.74) is 6.55. The van der Waals surface area contributed by atoms with Gasteiger partial charge in [-0.3, -0.25) is 9.58 Å². The third-order valence-corrected chi connectivity index (χ3v) is 7.10. The molecule has 168 valence electrons. The molecule has 9 heteroatoms. The van der Waals surface area contributed by atoms with Gasteiger partial charge in [-0.15, -0.1) is 0 Å². The summed E-state index contributed by atoms with van der Waals surface area (Å²) in [5, 5.41) is 4.67. The van der Waals surface area contributed by atoms with Gasteiger partial charge < -0.3 is 10.5 Å². The van der Waals surface area contributed by atoms with Gasteiger partial charge in [0.1, 0.15) is 5.82 Å². The third kappa shape index (κ3) is 3.71. The Bertz CT molecular complexity index is 955. The van der Waals surface area contributed by atoms with Crippen LogP contribution in [0.5, 0.6) is 0 Å². The van der Waals surface area contributed by atoms with E-state index in [1.165, 1.54) is 19.0 Å². The predicted molar refractivity (Wildman–Crippen MR) is 110 cm³/mol. The van der Waals surface area contributed by atoms with Crippen molar-refractivity contribution in [3.05, 3.63) is 29.6 Å². The Morgan fingerprint density at radius 1 is 1.13 bits per heavy atom. The Hall–Kier alpha value is -2.13. The number of anilines is 1. The van der Waals surface area contributed by atoms with Crippen molar-refractivity contribution in [1.82, 2.24) is 19.7 Å². The van der Waals surface area contributed by atoms with Crippen molar-refractivity contribution in [2.45, 2.75) is 50.9 Å². The average Bonchev–Trinajstić information content (AvgIpc) is 3.09. The summed E-state index contributed by atoms with van der Waals surface area (Å²) in [6.07, 6.45) is -0.812. The zero-order valence-corrected chi connectivity index (χ0v) is 17.8. The summed E-state index contributed by atoms with van der Waals surface area (Å²) in [6, 6.07) is 3.77. The maximum Gasteiger partial charge on any atom is 0.419 e. The van der Waals surface area contributed by atoms with Gasteiger partial charge in [0.2, 0.25) is 0 Å². The lowest BCUT2D eigenvalue weighted by molar-refractivity contribution is -0.137. The maximum absolute atomic E-state index is 13.3. The molecule has 2 saturated carbocycles. The first-order chi connectivity index (χ1) is 14.7. The van der Waals surface area contributed by atoms with Gasteiger partial charge in [-0.1, -0.05) is 0 Å². The molecule has 4 atom stereocenters. The summed E-state index contributed by atoms with van der Waals surface area (Å²) in [4.78, 5) is 6.33. The van der Waals surface area contributed by atoms with Crippen LogP contribution < -0.4 is 5.73 Å². The second kappa shape index (κ2) is 7.48. The van der Waals surface area contributed by atoms with Gasteiger partial charge in [-0.05, 0) is 50.7 Å². The number of nitrogens with zero attached hydrogens (tertiary/aromatic N) is 4. The monoisotopic (exact) mass is 435 g/mol. The molecular weight excluding hydrogens is 407 g/mol. The largest absolute Gasteiger partial charge is 0.419 e. The van der Waals surface area contributed by atoms with E-state index >= 15 is 0 Å². The fourth-order valence-corrected chi connectivity index (χ4v) is 5.55. The Kier molecular flexibility index (Phi) is 5.01. The van der Waals surface area contributed by atoms with E-state index in [-0.39, 0.29) is 6.04 Å². The minimum atomic E-state index is -4.54. The molecule has 6 nitrogen and oxygen atoms in total. The van der Waals surface area contributed by atoms with Crippen molar-refractivity contribution in [3.63, 3.8) is 0 Å². The summed E-state index contributed by atoms with van der Waals surface area (Å²) < 4.78 is 47.3. The molecule has 31 heavy (non-hydrogen) atoms. The number of nitrogen functional groups attached to an aromatic ring is 1. The second-order valence-electron chi connectivity index (χ2n) is 9.27. The fourth-order valence-electron chi connectivity index (χ4n) is 5.55. The lowest BCUT2D eigenvalue weighted by Gasteiger charge is -2.33. The molecule has 2 aromatic rings. The van der Waals surface area contributed by atoms with E-state index in [0.29, 0.717) is 35.1 Å². The number of aromatic nitrogens is 3. The van der Waals surface area contributed by atoms with Gasteiger partial charge in [0.15, 0.2) is 0 Å². The molecule has 0 bridgehead atoms. The summed E-state index contributed by atoms with van der Waals surface area (Å²) in [5.74, 6) is 1.19. The molecule has 0 aromatic carbocycles. The lowest BCUT2D eigenvalue weighted by atomic mass is 10.0. The van der Waals surface area contributed by atoms with Gasteiger partial charge in [-0.25, -0.2) is 4.98 Å². The van der Waals surface area contributed by atoms with Crippen molar-refractivity contribution in [3.8, 4) is 11.3 Å². The van der Waals surface area contributed by atoms with Crippen LogP contribution in [0.1, 0.15) is 49.9 Å². The summed E-state index contributed by atoms with van der Waals surface area (Å²) in [7, 11) is 0. The Labute approximate surface area is 179 Å². The highest BCUT2D eigenvalue weighted by molar-refractivity contribution is 5.63. The van der Waals surface area contributed by atoms with E-state index in [9.17, 15) is 13.2 Å². The van der Waals surface area contributed by atoms with E-state index in [1.54, 1.807) is 0 Å². The fraction of sp³-hybridized carbons (Fsp3) is 0.636. The number of ether oxygens (including phenoxy) is 1. The van der Waals surface area contributed by atoms with Crippen molar-refractivity contribution in [2.75, 3.05) is 32.0 Å². The number of pyridine rings is 1. The molecule has 1 aliphatic heterocycles. The molecule has 0 radical (unpaired) electrons. The molecule has 0 spiro atoms. The second-order valence-corrected chi connectivity index (χ2v) is 9.27. The smallest absolute Gasteiger partial charge is 0.383 e. The van der Waals surface area contributed by atoms with Crippen LogP contribution >= 0.6 is 0 Å². The highest BCUT2D eigenvalue weighted by Gasteiger charge is 2.58. The molecule has 3 unspecified atom stereocenters. The minimum absolute atomic E-state index is 0.129. The van der Waals surface area contributed by atoms with Crippen molar-refractivity contribution in [1.29, 1.82) is 0 Å². The average molecular weight is 435 g/mol. The van der Waals surface area contributed by atoms with E-state index in [0.717, 1.165) is 38.1 Å². The van der Waals surface area contributed by atoms with Crippen LogP contribution in [0.25, 0.3) is 11.3 Å². The number of hydrogen-bond donors (Lipinski definition) is 1. The number of nitrogens with two attached hydrogens (primary N) is 1. The van der Waals surface area contributed by atoms with Gasteiger partial charge in [0.05, 0.1) is 24.5 Å². The topological polar surface area (TPSA) is 69.2 Å². The molecular formula is C22H28F3N5O. The predicted octanol–water partition coefficient (Wildman–Crippen LogP) is 3.95. The van der Waals surface area contributed by atoms with Gasteiger partial charge in [-0.2, -0.15) is 18.3 Å². The SMILES string of the molecule is CC(C)n1nc(-c2cnc(N)c(C(F)(F)F)c2)cc1C1C2CC(N3CCOCC3)C[C@@H]21. The molecule has 3 heterocycles. The van der Waals surface area contributed by atoms with Crippen molar-refractivity contribution in [2.24, 2.45) is 11.8 Å². The zero-order valence-electron chi connectivity index (χ0n) is 17.8. The summed E-state index contributed by atoms with van der Waals surface area (Å²) >= 11 is 0. The molecule has 3 fully saturated rings. The van der Waals surface area contributed by atoms with E-state index in [1.807, 2.05) is 10.7 Å². The van der Waals surface area contributed by atoms with Crippen LogP contribution in [0.15, 0.2) is 18.3 Å². The molecule has 2 aliphatic carbocycles. The number of fused-ring (bicyclic) bond motifs is 1. The number of morpholine rings is 1. The van der Waals surface area contributed by atoms with Crippen molar-refractivity contribution >= 4 is 5.82 Å². The third-order valence-electron chi connectivity index (χ3n) is 7.10. The van der Waals surface area contributed by atoms with E-state index in [4.69, 9.17) is 10.5 Å². The van der Waals surface area contributed by atoms with Gasteiger partial charge in [0.25, 0.3) is 0 Å².